The molecular formula is C22H22N4O3. The third kappa shape index (κ3) is 4.57. The molecule has 7 nitrogen and oxygen atoms in total. The van der Waals surface area contributed by atoms with Crippen LogP contribution in [0.1, 0.15) is 35.0 Å². The van der Waals surface area contributed by atoms with Gasteiger partial charge in [0.1, 0.15) is 0 Å². The Morgan fingerprint density at radius 2 is 1.72 bits per heavy atom. The molecule has 0 saturated carbocycles. The molecule has 0 aliphatic heterocycles. The van der Waals surface area contributed by atoms with E-state index in [1.165, 1.54) is 10.8 Å². The van der Waals surface area contributed by atoms with E-state index in [0.29, 0.717) is 23.7 Å². The van der Waals surface area contributed by atoms with Crippen LogP contribution in [0.5, 0.6) is 0 Å². The second kappa shape index (κ2) is 8.97. The highest BCUT2D eigenvalue weighted by Gasteiger charge is 2.16. The Hall–Kier alpha value is -3.74. The van der Waals surface area contributed by atoms with E-state index in [0.717, 1.165) is 11.1 Å². The number of hydrazine groups is 1. The van der Waals surface area contributed by atoms with Crippen LogP contribution in [-0.4, -0.2) is 21.6 Å². The number of carbonyl (C=O) groups excluding carboxylic acids is 2. The summed E-state index contributed by atoms with van der Waals surface area (Å²) in [5, 5.41) is 5.04. The van der Waals surface area contributed by atoms with Crippen molar-refractivity contribution in [3.05, 3.63) is 81.8 Å². The largest absolute Gasteiger partial charge is 0.290 e. The van der Waals surface area contributed by atoms with Crippen molar-refractivity contribution < 1.29 is 9.59 Å². The van der Waals surface area contributed by atoms with E-state index >= 15 is 0 Å². The second-order valence-electron chi connectivity index (χ2n) is 6.56. The first-order valence-corrected chi connectivity index (χ1v) is 9.35. The van der Waals surface area contributed by atoms with Crippen molar-refractivity contribution in [1.82, 2.24) is 20.6 Å². The molecule has 29 heavy (non-hydrogen) atoms. The van der Waals surface area contributed by atoms with E-state index in [9.17, 15) is 14.4 Å². The molecule has 3 aromatic rings. The molecule has 148 valence electrons. The minimum Gasteiger partial charge on any atom is -0.268 e. The molecule has 0 saturated heterocycles. The summed E-state index contributed by atoms with van der Waals surface area (Å²) in [5.74, 6) is -1.07. The third-order valence-electron chi connectivity index (χ3n) is 4.42. The molecule has 0 bridgehead atoms. The van der Waals surface area contributed by atoms with Crippen LogP contribution in [0.4, 0.5) is 0 Å². The Kier molecular flexibility index (Phi) is 6.19. The summed E-state index contributed by atoms with van der Waals surface area (Å²) in [4.78, 5) is 37.2. The predicted molar refractivity (Wildman–Crippen MR) is 112 cm³/mol. The van der Waals surface area contributed by atoms with Gasteiger partial charge in [-0.05, 0) is 36.6 Å². The zero-order chi connectivity index (χ0) is 20.8. The smallest absolute Gasteiger partial charge is 0.268 e. The lowest BCUT2D eigenvalue weighted by atomic mass is 10.1. The summed E-state index contributed by atoms with van der Waals surface area (Å²) in [6, 6.07) is 14.4. The van der Waals surface area contributed by atoms with E-state index in [4.69, 9.17) is 0 Å². The van der Waals surface area contributed by atoms with Crippen LogP contribution in [0.15, 0.2) is 59.4 Å². The molecule has 0 radical (unpaired) electrons. The summed E-state index contributed by atoms with van der Waals surface area (Å²) in [5.41, 5.74) is 6.49. The number of nitrogens with one attached hydrogen (secondary N) is 2. The highest BCUT2D eigenvalue weighted by Crippen LogP contribution is 2.13. The standard InChI is InChI=1S/C22H22N4O3/c1-3-14-26-22(29)18-11-7-6-10-17(18)20(25-26)21(28)24-23-19(27)13-12-16-9-5-4-8-15(16)2/h4-13H,3,14H2,1-2H3,(H,23,27)(H,24,28). The van der Waals surface area contributed by atoms with Crippen molar-refractivity contribution in [2.45, 2.75) is 26.8 Å². The normalized spacial score (nSPS) is 11.0. The molecule has 2 amide bonds. The van der Waals surface area contributed by atoms with Gasteiger partial charge in [0.15, 0.2) is 5.69 Å². The fourth-order valence-electron chi connectivity index (χ4n) is 2.92. The van der Waals surface area contributed by atoms with Crippen LogP contribution in [-0.2, 0) is 11.3 Å². The number of hydrogen-bond donors (Lipinski definition) is 2. The molecule has 0 aliphatic rings. The van der Waals surface area contributed by atoms with Gasteiger partial charge < -0.3 is 0 Å². The number of benzene rings is 2. The second-order valence-corrected chi connectivity index (χ2v) is 6.56. The van der Waals surface area contributed by atoms with Crippen LogP contribution in [0, 0.1) is 6.92 Å². The molecule has 0 atom stereocenters. The Labute approximate surface area is 168 Å². The fraction of sp³-hybridized carbons (Fsp3) is 0.182. The van der Waals surface area contributed by atoms with E-state index in [1.54, 1.807) is 30.3 Å². The minimum atomic E-state index is -0.594. The van der Waals surface area contributed by atoms with E-state index < -0.39 is 11.8 Å². The summed E-state index contributed by atoms with van der Waals surface area (Å²) >= 11 is 0. The van der Waals surface area contributed by atoms with Gasteiger partial charge in [-0.15, -0.1) is 0 Å². The maximum atomic E-state index is 12.6. The molecule has 0 spiro atoms. The van der Waals surface area contributed by atoms with Crippen LogP contribution < -0.4 is 16.4 Å². The number of rotatable bonds is 5. The zero-order valence-corrected chi connectivity index (χ0v) is 16.3. The molecule has 2 N–H and O–H groups in total. The lowest BCUT2D eigenvalue weighted by Gasteiger charge is -2.10. The van der Waals surface area contributed by atoms with Gasteiger partial charge in [0.25, 0.3) is 17.4 Å². The molecule has 3 rings (SSSR count). The molecule has 1 heterocycles. The van der Waals surface area contributed by atoms with Gasteiger partial charge in [-0.1, -0.05) is 49.4 Å². The SMILES string of the molecule is CCCn1nc(C(=O)NNC(=O)C=Cc2ccccc2C)c2ccccc2c1=O. The third-order valence-corrected chi connectivity index (χ3v) is 4.42. The molecular weight excluding hydrogens is 368 g/mol. The van der Waals surface area contributed by atoms with Crippen LogP contribution in [0.3, 0.4) is 0 Å². The Morgan fingerprint density at radius 3 is 2.45 bits per heavy atom. The number of fused-ring (bicyclic) bond motifs is 1. The van der Waals surface area contributed by atoms with Crippen molar-refractivity contribution in [2.24, 2.45) is 0 Å². The fourth-order valence-corrected chi connectivity index (χ4v) is 2.92. The van der Waals surface area contributed by atoms with Gasteiger partial charge in [0.2, 0.25) is 0 Å². The average molecular weight is 390 g/mol. The summed E-state index contributed by atoms with van der Waals surface area (Å²) < 4.78 is 1.27. The Morgan fingerprint density at radius 1 is 1.03 bits per heavy atom. The quantitative estimate of drug-likeness (QED) is 0.517. The van der Waals surface area contributed by atoms with Crippen LogP contribution >= 0.6 is 0 Å². The van der Waals surface area contributed by atoms with E-state index in [-0.39, 0.29) is 11.3 Å². The maximum Gasteiger partial charge on any atom is 0.290 e. The molecule has 0 fully saturated rings. The first-order valence-electron chi connectivity index (χ1n) is 9.35. The molecule has 0 aliphatic carbocycles. The van der Waals surface area contributed by atoms with Crippen LogP contribution in [0.25, 0.3) is 16.8 Å². The van der Waals surface area contributed by atoms with Crippen molar-refractivity contribution in [2.75, 3.05) is 0 Å². The molecule has 2 aromatic carbocycles. The molecule has 0 unspecified atom stereocenters. The first-order chi connectivity index (χ1) is 14.0. The minimum absolute atomic E-state index is 0.0804. The van der Waals surface area contributed by atoms with Gasteiger partial charge in [-0.2, -0.15) is 5.10 Å². The van der Waals surface area contributed by atoms with Gasteiger partial charge >= 0.3 is 0 Å². The van der Waals surface area contributed by atoms with Crippen molar-refractivity contribution in [1.29, 1.82) is 0 Å². The maximum absolute atomic E-state index is 12.6. The van der Waals surface area contributed by atoms with Crippen molar-refractivity contribution in [3.63, 3.8) is 0 Å². The highest BCUT2D eigenvalue weighted by atomic mass is 16.2. The monoisotopic (exact) mass is 390 g/mol. The van der Waals surface area contributed by atoms with E-state index in [2.05, 4.69) is 16.0 Å². The number of hydrogen-bond acceptors (Lipinski definition) is 4. The number of carbonyl (C=O) groups is 2. The number of aryl methyl sites for hydroxylation is 2. The van der Waals surface area contributed by atoms with Gasteiger partial charge in [0.05, 0.1) is 5.39 Å². The number of nitrogens with zero attached hydrogens (tertiary/aromatic N) is 2. The lowest BCUT2D eigenvalue weighted by Crippen LogP contribution is -2.42. The van der Waals surface area contributed by atoms with Crippen molar-refractivity contribution >= 4 is 28.7 Å². The van der Waals surface area contributed by atoms with E-state index in [1.807, 2.05) is 38.1 Å². The highest BCUT2D eigenvalue weighted by molar-refractivity contribution is 6.05. The summed E-state index contributed by atoms with van der Waals surface area (Å²) in [6.45, 7) is 4.26. The summed E-state index contributed by atoms with van der Waals surface area (Å²) in [6.07, 6.45) is 3.71. The zero-order valence-electron chi connectivity index (χ0n) is 16.3. The number of amides is 2. The molecule has 1 aromatic heterocycles. The Bertz CT molecular complexity index is 1150. The lowest BCUT2D eigenvalue weighted by molar-refractivity contribution is -0.117. The van der Waals surface area contributed by atoms with Crippen molar-refractivity contribution in [3.8, 4) is 0 Å². The number of aromatic nitrogens is 2. The predicted octanol–water partition coefficient (Wildman–Crippen LogP) is 2.59. The topological polar surface area (TPSA) is 93.1 Å². The van der Waals surface area contributed by atoms with Gasteiger partial charge in [-0.25, -0.2) is 4.68 Å². The first kappa shape index (κ1) is 20.0. The Balaban J connectivity index is 1.78. The van der Waals surface area contributed by atoms with Gasteiger partial charge in [0, 0.05) is 18.0 Å². The average Bonchev–Trinajstić information content (AvgIpc) is 2.73. The summed E-state index contributed by atoms with van der Waals surface area (Å²) in [7, 11) is 0. The molecule has 7 heteroatoms. The van der Waals surface area contributed by atoms with Gasteiger partial charge in [-0.3, -0.25) is 25.2 Å². The van der Waals surface area contributed by atoms with Crippen LogP contribution in [0.2, 0.25) is 0 Å².